The van der Waals surface area contributed by atoms with Gasteiger partial charge in [0.15, 0.2) is 5.82 Å². The quantitative estimate of drug-likeness (QED) is 0.633. The number of aromatic nitrogens is 2. The molecule has 2 aromatic heterocycles. The van der Waals surface area contributed by atoms with Crippen molar-refractivity contribution in [3.05, 3.63) is 25.2 Å². The van der Waals surface area contributed by atoms with Crippen LogP contribution < -0.4 is 5.32 Å². The molecule has 0 fully saturated rings. The monoisotopic (exact) mass is 467 g/mol. The van der Waals surface area contributed by atoms with Gasteiger partial charge in [-0.05, 0) is 51.0 Å². The lowest BCUT2D eigenvalue weighted by Crippen LogP contribution is -2.09. The van der Waals surface area contributed by atoms with Gasteiger partial charge in [-0.15, -0.1) is 11.3 Å². The molecule has 1 N–H and O–H groups in total. The molecular weight excluding hydrogens is 453 g/mol. The minimum absolute atomic E-state index is 0.487. The zero-order valence-electron chi connectivity index (χ0n) is 11.2. The molecule has 20 heavy (non-hydrogen) atoms. The highest BCUT2D eigenvalue weighted by atomic mass is 127. The summed E-state index contributed by atoms with van der Waals surface area (Å²) in [7, 11) is 1.68. The summed E-state index contributed by atoms with van der Waals surface area (Å²) in [6.07, 6.45) is 1.06. The molecular formula is C13H15BrIN3OS. The first-order chi connectivity index (χ1) is 9.65. The number of rotatable bonds is 6. The number of hydrogen-bond acceptors (Lipinski definition) is 5. The van der Waals surface area contributed by atoms with Crippen LogP contribution >= 0.6 is 49.9 Å². The van der Waals surface area contributed by atoms with Crippen LogP contribution in [0.4, 0.5) is 5.82 Å². The second kappa shape index (κ2) is 7.67. The topological polar surface area (TPSA) is 47.0 Å². The van der Waals surface area contributed by atoms with Gasteiger partial charge in [-0.1, -0.05) is 6.92 Å². The molecule has 108 valence electrons. The fourth-order valence-electron chi connectivity index (χ4n) is 1.63. The summed E-state index contributed by atoms with van der Waals surface area (Å²) in [6, 6.07) is 2.03. The first-order valence-electron chi connectivity index (χ1n) is 6.19. The van der Waals surface area contributed by atoms with E-state index in [1.165, 1.54) is 0 Å². The van der Waals surface area contributed by atoms with Crippen LogP contribution in [-0.2, 0) is 11.3 Å². The predicted octanol–water partition coefficient (Wildman–Crippen LogP) is 4.54. The van der Waals surface area contributed by atoms with Crippen LogP contribution in [0.25, 0.3) is 10.7 Å². The Balaban J connectivity index is 2.43. The predicted molar refractivity (Wildman–Crippen MR) is 95.3 cm³/mol. The SMILES string of the molecule is CCCNc1nc(-c2cc(Br)cs2)nc(COC)c1I. The van der Waals surface area contributed by atoms with Crippen molar-refractivity contribution in [2.45, 2.75) is 20.0 Å². The average molecular weight is 468 g/mol. The van der Waals surface area contributed by atoms with E-state index in [0.29, 0.717) is 6.61 Å². The number of hydrogen-bond donors (Lipinski definition) is 1. The Kier molecular flexibility index (Phi) is 6.19. The van der Waals surface area contributed by atoms with Crippen molar-refractivity contribution < 1.29 is 4.74 Å². The molecule has 4 nitrogen and oxygen atoms in total. The van der Waals surface area contributed by atoms with E-state index in [-0.39, 0.29) is 0 Å². The number of halogens is 2. The van der Waals surface area contributed by atoms with E-state index in [2.05, 4.69) is 60.7 Å². The van der Waals surface area contributed by atoms with Crippen molar-refractivity contribution in [2.75, 3.05) is 19.0 Å². The molecule has 0 aromatic carbocycles. The van der Waals surface area contributed by atoms with Gasteiger partial charge in [-0.25, -0.2) is 9.97 Å². The first kappa shape index (κ1) is 16.1. The molecule has 0 saturated carbocycles. The minimum Gasteiger partial charge on any atom is -0.378 e. The molecule has 0 aliphatic heterocycles. The van der Waals surface area contributed by atoms with Gasteiger partial charge in [0.25, 0.3) is 0 Å². The van der Waals surface area contributed by atoms with Gasteiger partial charge in [0.05, 0.1) is 20.7 Å². The summed E-state index contributed by atoms with van der Waals surface area (Å²) < 4.78 is 7.31. The largest absolute Gasteiger partial charge is 0.378 e. The van der Waals surface area contributed by atoms with E-state index in [9.17, 15) is 0 Å². The average Bonchev–Trinajstić information content (AvgIpc) is 2.86. The normalized spacial score (nSPS) is 10.8. The molecule has 0 unspecified atom stereocenters. The summed E-state index contributed by atoms with van der Waals surface area (Å²) >= 11 is 7.36. The number of methoxy groups -OCH3 is 1. The fraction of sp³-hybridized carbons (Fsp3) is 0.385. The standard InChI is InChI=1S/C13H15BrIN3OS/c1-3-4-16-13-11(15)9(6-19-2)17-12(18-13)10-5-8(14)7-20-10/h5,7H,3-4,6H2,1-2H3,(H,16,17,18). The van der Waals surface area contributed by atoms with Crippen LogP contribution in [0.15, 0.2) is 15.9 Å². The van der Waals surface area contributed by atoms with Crippen molar-refractivity contribution in [1.82, 2.24) is 9.97 Å². The number of anilines is 1. The molecule has 2 heterocycles. The summed E-state index contributed by atoms with van der Waals surface area (Å²) in [5.41, 5.74) is 0.918. The van der Waals surface area contributed by atoms with E-state index < -0.39 is 0 Å². The van der Waals surface area contributed by atoms with Gasteiger partial charge in [-0.3, -0.25) is 0 Å². The van der Waals surface area contributed by atoms with Crippen LogP contribution in [0.1, 0.15) is 19.0 Å². The summed E-state index contributed by atoms with van der Waals surface area (Å²) in [6.45, 7) is 3.52. The smallest absolute Gasteiger partial charge is 0.172 e. The second-order valence-electron chi connectivity index (χ2n) is 4.15. The Labute approximate surface area is 144 Å². The van der Waals surface area contributed by atoms with Crippen molar-refractivity contribution in [3.63, 3.8) is 0 Å². The maximum atomic E-state index is 5.24. The number of nitrogens with one attached hydrogen (secondary N) is 1. The molecule has 0 bridgehead atoms. The van der Waals surface area contributed by atoms with Gasteiger partial charge in [-0.2, -0.15) is 0 Å². The van der Waals surface area contributed by atoms with Gasteiger partial charge in [0.2, 0.25) is 0 Å². The van der Waals surface area contributed by atoms with Crippen LogP contribution in [-0.4, -0.2) is 23.6 Å². The van der Waals surface area contributed by atoms with Gasteiger partial charge in [0, 0.05) is 23.5 Å². The third-order valence-electron chi connectivity index (χ3n) is 2.53. The lowest BCUT2D eigenvalue weighted by molar-refractivity contribution is 0.181. The van der Waals surface area contributed by atoms with E-state index >= 15 is 0 Å². The number of thiophene rings is 1. The Morgan fingerprint density at radius 3 is 2.85 bits per heavy atom. The van der Waals surface area contributed by atoms with Crippen LogP contribution in [0.3, 0.4) is 0 Å². The van der Waals surface area contributed by atoms with E-state index in [0.717, 1.165) is 43.2 Å². The lowest BCUT2D eigenvalue weighted by Gasteiger charge is -2.11. The number of ether oxygens (including phenoxy) is 1. The van der Waals surface area contributed by atoms with Crippen molar-refractivity contribution >= 4 is 55.7 Å². The molecule has 7 heteroatoms. The maximum Gasteiger partial charge on any atom is 0.172 e. The Morgan fingerprint density at radius 2 is 2.25 bits per heavy atom. The Morgan fingerprint density at radius 1 is 1.45 bits per heavy atom. The molecule has 0 atom stereocenters. The molecule has 0 saturated heterocycles. The Bertz CT molecular complexity index is 591. The second-order valence-corrected chi connectivity index (χ2v) is 7.05. The highest BCUT2D eigenvalue weighted by Gasteiger charge is 2.14. The molecule has 2 rings (SSSR count). The Hall–Kier alpha value is -0.250. The summed E-state index contributed by atoms with van der Waals surface area (Å²) in [5.74, 6) is 1.63. The zero-order valence-corrected chi connectivity index (χ0v) is 15.8. The van der Waals surface area contributed by atoms with Gasteiger partial charge < -0.3 is 10.1 Å². The number of nitrogens with zero attached hydrogens (tertiary/aromatic N) is 2. The molecule has 0 aliphatic rings. The first-order valence-corrected chi connectivity index (χ1v) is 8.94. The summed E-state index contributed by atoms with van der Waals surface area (Å²) in [4.78, 5) is 10.3. The van der Waals surface area contributed by atoms with Crippen LogP contribution in [0, 0.1) is 3.57 Å². The van der Waals surface area contributed by atoms with E-state index in [1.807, 2.05) is 11.4 Å². The molecule has 2 aromatic rings. The highest BCUT2D eigenvalue weighted by molar-refractivity contribution is 14.1. The van der Waals surface area contributed by atoms with Crippen LogP contribution in [0.2, 0.25) is 0 Å². The fourth-order valence-corrected chi connectivity index (χ4v) is 3.57. The zero-order chi connectivity index (χ0) is 14.5. The molecule has 0 amide bonds. The molecule has 0 spiro atoms. The van der Waals surface area contributed by atoms with E-state index in [4.69, 9.17) is 4.74 Å². The lowest BCUT2D eigenvalue weighted by atomic mass is 10.3. The molecule has 0 radical (unpaired) electrons. The third-order valence-corrected chi connectivity index (χ3v) is 5.35. The molecule has 0 aliphatic carbocycles. The van der Waals surface area contributed by atoms with E-state index in [1.54, 1.807) is 18.4 Å². The van der Waals surface area contributed by atoms with Gasteiger partial charge in [0.1, 0.15) is 5.82 Å². The van der Waals surface area contributed by atoms with Crippen molar-refractivity contribution in [1.29, 1.82) is 0 Å². The van der Waals surface area contributed by atoms with Crippen molar-refractivity contribution in [3.8, 4) is 10.7 Å². The van der Waals surface area contributed by atoms with Crippen molar-refractivity contribution in [2.24, 2.45) is 0 Å². The minimum atomic E-state index is 0.487. The third kappa shape index (κ3) is 3.90. The van der Waals surface area contributed by atoms with Crippen LogP contribution in [0.5, 0.6) is 0 Å². The highest BCUT2D eigenvalue weighted by Crippen LogP contribution is 2.30. The summed E-state index contributed by atoms with van der Waals surface area (Å²) in [5, 5.41) is 5.39. The van der Waals surface area contributed by atoms with Gasteiger partial charge >= 0.3 is 0 Å². The maximum absolute atomic E-state index is 5.24.